The van der Waals surface area contributed by atoms with Crippen molar-refractivity contribution in [3.05, 3.63) is 47.3 Å². The summed E-state index contributed by atoms with van der Waals surface area (Å²) in [5.41, 5.74) is 2.67. The van der Waals surface area contributed by atoms with Crippen molar-refractivity contribution in [1.29, 1.82) is 5.26 Å². The van der Waals surface area contributed by atoms with Crippen molar-refractivity contribution in [2.24, 2.45) is 0 Å². The highest BCUT2D eigenvalue weighted by molar-refractivity contribution is 5.65. The lowest BCUT2D eigenvalue weighted by molar-refractivity contribution is 0.619. The second-order valence-electron chi connectivity index (χ2n) is 4.54. The minimum Gasteiger partial charge on any atom is -0.362 e. The average Bonchev–Trinajstić information content (AvgIpc) is 2.41. The van der Waals surface area contributed by atoms with Crippen molar-refractivity contribution in [2.45, 2.75) is 6.92 Å². The van der Waals surface area contributed by atoms with Gasteiger partial charge in [-0.25, -0.2) is 9.37 Å². The van der Waals surface area contributed by atoms with Gasteiger partial charge in [0, 0.05) is 19.7 Å². The quantitative estimate of drug-likeness (QED) is 0.827. The Labute approximate surface area is 111 Å². The molecule has 0 amide bonds. The molecule has 0 atom stereocenters. The highest BCUT2D eigenvalue weighted by Crippen LogP contribution is 2.24. The highest BCUT2D eigenvalue weighted by atomic mass is 19.1. The number of aromatic nitrogens is 1. The van der Waals surface area contributed by atoms with Crippen LogP contribution in [0, 0.1) is 24.1 Å². The van der Waals surface area contributed by atoms with Crippen molar-refractivity contribution in [3.8, 4) is 17.3 Å². The molecule has 0 saturated carbocycles. The molecule has 1 aromatic carbocycles. The summed E-state index contributed by atoms with van der Waals surface area (Å²) in [5, 5.41) is 9.04. The zero-order valence-electron chi connectivity index (χ0n) is 11.1. The Morgan fingerprint density at radius 1 is 1.21 bits per heavy atom. The first kappa shape index (κ1) is 13.0. The second kappa shape index (κ2) is 5.07. The zero-order valence-corrected chi connectivity index (χ0v) is 11.1. The summed E-state index contributed by atoms with van der Waals surface area (Å²) in [5.74, 6) is 0.382. The van der Waals surface area contributed by atoms with Crippen LogP contribution in [0.3, 0.4) is 0 Å². The first-order valence-corrected chi connectivity index (χ1v) is 5.88. The molecule has 0 aliphatic rings. The fraction of sp³-hybridized carbons (Fsp3) is 0.200. The molecule has 19 heavy (non-hydrogen) atoms. The van der Waals surface area contributed by atoms with Crippen LogP contribution in [0.1, 0.15) is 11.1 Å². The Kier molecular flexibility index (Phi) is 3.48. The molecule has 0 fully saturated rings. The third-order valence-electron chi connectivity index (χ3n) is 2.87. The van der Waals surface area contributed by atoms with E-state index in [1.54, 1.807) is 36.1 Å². The van der Waals surface area contributed by atoms with Crippen LogP contribution in [0.15, 0.2) is 30.3 Å². The van der Waals surface area contributed by atoms with Gasteiger partial charge in [0.1, 0.15) is 17.7 Å². The standard InChI is InChI=1S/C15H14FN3/c1-10-8-11(4-6-13(10)16)14-7-5-12(9-17)15(18-14)19(2)3/h4-8H,1-3H3. The van der Waals surface area contributed by atoms with Crippen molar-refractivity contribution in [2.75, 3.05) is 19.0 Å². The van der Waals surface area contributed by atoms with E-state index in [0.29, 0.717) is 16.9 Å². The van der Waals surface area contributed by atoms with Crippen LogP contribution in [-0.2, 0) is 0 Å². The molecular weight excluding hydrogens is 241 g/mol. The monoisotopic (exact) mass is 255 g/mol. The summed E-state index contributed by atoms with van der Waals surface area (Å²) >= 11 is 0. The van der Waals surface area contributed by atoms with Crippen molar-refractivity contribution in [1.82, 2.24) is 4.98 Å². The van der Waals surface area contributed by atoms with E-state index in [1.807, 2.05) is 14.1 Å². The van der Waals surface area contributed by atoms with E-state index in [-0.39, 0.29) is 5.82 Å². The lowest BCUT2D eigenvalue weighted by Gasteiger charge is -2.14. The van der Waals surface area contributed by atoms with Gasteiger partial charge in [-0.1, -0.05) is 0 Å². The number of benzene rings is 1. The molecule has 4 heteroatoms. The number of nitrogens with zero attached hydrogens (tertiary/aromatic N) is 3. The molecular formula is C15H14FN3. The number of anilines is 1. The Hall–Kier alpha value is -2.41. The Bertz CT molecular complexity index is 657. The molecule has 0 saturated heterocycles. The molecule has 3 nitrogen and oxygen atoms in total. The van der Waals surface area contributed by atoms with Gasteiger partial charge in [0.2, 0.25) is 0 Å². The number of hydrogen-bond donors (Lipinski definition) is 0. The maximum absolute atomic E-state index is 13.3. The third-order valence-corrected chi connectivity index (χ3v) is 2.87. The van der Waals surface area contributed by atoms with Gasteiger partial charge in [-0.3, -0.25) is 0 Å². The minimum absolute atomic E-state index is 0.231. The summed E-state index contributed by atoms with van der Waals surface area (Å²) in [4.78, 5) is 6.26. The van der Waals surface area contributed by atoms with Gasteiger partial charge in [0.15, 0.2) is 0 Å². The molecule has 0 radical (unpaired) electrons. The molecule has 0 bridgehead atoms. The maximum Gasteiger partial charge on any atom is 0.146 e. The number of hydrogen-bond acceptors (Lipinski definition) is 3. The molecule has 0 unspecified atom stereocenters. The first-order chi connectivity index (χ1) is 9.02. The molecule has 0 spiro atoms. The number of nitriles is 1. The number of aryl methyl sites for hydroxylation is 1. The molecule has 2 aromatic rings. The smallest absolute Gasteiger partial charge is 0.146 e. The highest BCUT2D eigenvalue weighted by Gasteiger charge is 2.09. The first-order valence-electron chi connectivity index (χ1n) is 5.88. The summed E-state index contributed by atoms with van der Waals surface area (Å²) in [6.45, 7) is 1.72. The van der Waals surface area contributed by atoms with Gasteiger partial charge in [-0.05, 0) is 42.8 Å². The van der Waals surface area contributed by atoms with E-state index in [2.05, 4.69) is 11.1 Å². The van der Waals surface area contributed by atoms with E-state index in [1.165, 1.54) is 6.07 Å². The van der Waals surface area contributed by atoms with E-state index in [9.17, 15) is 4.39 Å². The van der Waals surface area contributed by atoms with Crippen LogP contribution in [0.25, 0.3) is 11.3 Å². The second-order valence-corrected chi connectivity index (χ2v) is 4.54. The van der Waals surface area contributed by atoms with Crippen LogP contribution in [0.4, 0.5) is 10.2 Å². The van der Waals surface area contributed by atoms with Crippen LogP contribution >= 0.6 is 0 Å². The largest absolute Gasteiger partial charge is 0.362 e. The van der Waals surface area contributed by atoms with E-state index in [4.69, 9.17) is 5.26 Å². The number of halogens is 1. The van der Waals surface area contributed by atoms with Crippen molar-refractivity contribution < 1.29 is 4.39 Å². The summed E-state index contributed by atoms with van der Waals surface area (Å²) in [6, 6.07) is 10.5. The summed E-state index contributed by atoms with van der Waals surface area (Å²) in [6.07, 6.45) is 0. The van der Waals surface area contributed by atoms with Gasteiger partial charge < -0.3 is 4.90 Å². The predicted molar refractivity (Wildman–Crippen MR) is 73.4 cm³/mol. The lowest BCUT2D eigenvalue weighted by atomic mass is 10.1. The fourth-order valence-electron chi connectivity index (χ4n) is 1.84. The molecule has 96 valence electrons. The average molecular weight is 255 g/mol. The summed E-state index contributed by atoms with van der Waals surface area (Å²) < 4.78 is 13.3. The van der Waals surface area contributed by atoms with E-state index >= 15 is 0 Å². The Balaban J connectivity index is 2.54. The number of rotatable bonds is 2. The number of pyridine rings is 1. The normalized spacial score (nSPS) is 10.1. The lowest BCUT2D eigenvalue weighted by Crippen LogP contribution is -2.12. The fourth-order valence-corrected chi connectivity index (χ4v) is 1.84. The molecule has 0 aliphatic carbocycles. The van der Waals surface area contributed by atoms with Crippen LogP contribution < -0.4 is 4.90 Å². The summed E-state index contributed by atoms with van der Waals surface area (Å²) in [7, 11) is 3.67. The molecule has 0 N–H and O–H groups in total. The Morgan fingerprint density at radius 3 is 2.53 bits per heavy atom. The molecule has 0 aliphatic heterocycles. The van der Waals surface area contributed by atoms with Gasteiger partial charge >= 0.3 is 0 Å². The van der Waals surface area contributed by atoms with Gasteiger partial charge in [0.05, 0.1) is 11.3 Å². The van der Waals surface area contributed by atoms with Crippen molar-refractivity contribution in [3.63, 3.8) is 0 Å². The van der Waals surface area contributed by atoms with E-state index < -0.39 is 0 Å². The van der Waals surface area contributed by atoms with Crippen LogP contribution in [0.5, 0.6) is 0 Å². The topological polar surface area (TPSA) is 39.9 Å². The van der Waals surface area contributed by atoms with Gasteiger partial charge in [0.25, 0.3) is 0 Å². The third kappa shape index (κ3) is 2.55. The van der Waals surface area contributed by atoms with Gasteiger partial charge in [-0.15, -0.1) is 0 Å². The van der Waals surface area contributed by atoms with Crippen molar-refractivity contribution >= 4 is 5.82 Å². The van der Waals surface area contributed by atoms with Crippen LogP contribution in [-0.4, -0.2) is 19.1 Å². The van der Waals surface area contributed by atoms with Crippen LogP contribution in [0.2, 0.25) is 0 Å². The SMILES string of the molecule is Cc1cc(-c2ccc(C#N)c(N(C)C)n2)ccc1F. The zero-order chi connectivity index (χ0) is 14.0. The predicted octanol–water partition coefficient (Wildman–Crippen LogP) is 3.13. The molecule has 1 heterocycles. The molecule has 2 rings (SSSR count). The minimum atomic E-state index is -0.231. The maximum atomic E-state index is 13.3. The Morgan fingerprint density at radius 2 is 1.95 bits per heavy atom. The van der Waals surface area contributed by atoms with E-state index in [0.717, 1.165) is 11.3 Å². The van der Waals surface area contributed by atoms with Gasteiger partial charge in [-0.2, -0.15) is 5.26 Å². The molecule has 1 aromatic heterocycles.